The molecular formula is C29H30ClFN4O3. The molecule has 1 atom stereocenters. The van der Waals surface area contributed by atoms with Crippen molar-refractivity contribution in [3.63, 3.8) is 0 Å². The van der Waals surface area contributed by atoms with Crippen molar-refractivity contribution in [3.8, 4) is 5.75 Å². The smallest absolute Gasteiger partial charge is 0.256 e. The quantitative estimate of drug-likeness (QED) is 0.486. The number of carbonyl (C=O) groups is 2. The second-order valence-corrected chi connectivity index (χ2v) is 10.2. The summed E-state index contributed by atoms with van der Waals surface area (Å²) in [6.07, 6.45) is 5.79. The number of hydrogen-bond donors (Lipinski definition) is 1. The lowest BCUT2D eigenvalue weighted by molar-refractivity contribution is 0.0709. The van der Waals surface area contributed by atoms with E-state index < -0.39 is 17.8 Å². The Bertz CT molecular complexity index is 1350. The summed E-state index contributed by atoms with van der Waals surface area (Å²) in [5, 5.41) is 2.99. The van der Waals surface area contributed by atoms with Gasteiger partial charge in [0, 0.05) is 61.8 Å². The van der Waals surface area contributed by atoms with Crippen LogP contribution in [0.3, 0.4) is 0 Å². The van der Waals surface area contributed by atoms with E-state index in [1.807, 2.05) is 24.1 Å². The Morgan fingerprint density at radius 3 is 2.58 bits per heavy atom. The molecule has 0 aliphatic carbocycles. The maximum Gasteiger partial charge on any atom is 0.256 e. The van der Waals surface area contributed by atoms with Gasteiger partial charge in [0.1, 0.15) is 11.6 Å². The van der Waals surface area contributed by atoms with E-state index in [0.717, 1.165) is 31.6 Å². The topological polar surface area (TPSA) is 74.8 Å². The van der Waals surface area contributed by atoms with Crippen molar-refractivity contribution in [2.45, 2.75) is 38.3 Å². The number of ether oxygens (including phenoxy) is 1. The first-order chi connectivity index (χ1) is 18.3. The Hall–Kier alpha value is -3.65. The molecule has 0 radical (unpaired) electrons. The SMILES string of the molecule is Cc1ccc(F)c(C(=O)NC2CCOc3ccc(C(=O)N(C)C4CCN(c5ccncc5)CC4)cc32)c1Cl. The van der Waals surface area contributed by atoms with Gasteiger partial charge >= 0.3 is 0 Å². The fraction of sp³-hybridized carbons (Fsp3) is 0.345. The molecule has 38 heavy (non-hydrogen) atoms. The summed E-state index contributed by atoms with van der Waals surface area (Å²) in [6.45, 7) is 3.83. The van der Waals surface area contributed by atoms with E-state index in [1.54, 1.807) is 37.5 Å². The summed E-state index contributed by atoms with van der Waals surface area (Å²) in [6, 6.07) is 11.8. The highest BCUT2D eigenvalue weighted by atomic mass is 35.5. The molecule has 0 bridgehead atoms. The first-order valence-corrected chi connectivity index (χ1v) is 13.2. The van der Waals surface area contributed by atoms with Gasteiger partial charge in [-0.05, 0) is 61.7 Å². The van der Waals surface area contributed by atoms with E-state index in [1.165, 1.54) is 12.1 Å². The van der Waals surface area contributed by atoms with E-state index in [4.69, 9.17) is 16.3 Å². The van der Waals surface area contributed by atoms with Crippen molar-refractivity contribution >= 4 is 29.1 Å². The van der Waals surface area contributed by atoms with E-state index in [2.05, 4.69) is 15.2 Å². The van der Waals surface area contributed by atoms with Gasteiger partial charge in [-0.25, -0.2) is 4.39 Å². The van der Waals surface area contributed by atoms with Crippen LogP contribution in [0.5, 0.6) is 5.75 Å². The molecule has 2 aromatic carbocycles. The van der Waals surface area contributed by atoms with Crippen molar-refractivity contribution in [2.24, 2.45) is 0 Å². The zero-order valence-electron chi connectivity index (χ0n) is 21.4. The van der Waals surface area contributed by atoms with Gasteiger partial charge in [-0.2, -0.15) is 0 Å². The number of amides is 2. The minimum Gasteiger partial charge on any atom is -0.493 e. The van der Waals surface area contributed by atoms with Gasteiger partial charge in [0.25, 0.3) is 11.8 Å². The van der Waals surface area contributed by atoms with Crippen LogP contribution in [0.4, 0.5) is 10.1 Å². The predicted molar refractivity (Wildman–Crippen MR) is 144 cm³/mol. The number of hydrogen-bond acceptors (Lipinski definition) is 5. The van der Waals surface area contributed by atoms with Gasteiger partial charge in [-0.3, -0.25) is 14.6 Å². The second kappa shape index (κ2) is 11.0. The Morgan fingerprint density at radius 2 is 1.84 bits per heavy atom. The van der Waals surface area contributed by atoms with E-state index in [9.17, 15) is 14.0 Å². The highest BCUT2D eigenvalue weighted by Crippen LogP contribution is 2.34. The zero-order chi connectivity index (χ0) is 26.8. The van der Waals surface area contributed by atoms with Gasteiger partial charge in [0.15, 0.2) is 0 Å². The number of nitrogens with zero attached hydrogens (tertiary/aromatic N) is 3. The number of fused-ring (bicyclic) bond motifs is 1. The molecule has 1 fully saturated rings. The first kappa shape index (κ1) is 26.0. The largest absolute Gasteiger partial charge is 0.493 e. The molecule has 0 spiro atoms. The minimum atomic E-state index is -0.675. The Kier molecular flexibility index (Phi) is 7.51. The normalized spacial score (nSPS) is 17.4. The van der Waals surface area contributed by atoms with E-state index in [-0.39, 0.29) is 22.5 Å². The molecule has 2 aliphatic heterocycles. The maximum absolute atomic E-state index is 14.5. The third-order valence-electron chi connectivity index (χ3n) is 7.47. The lowest BCUT2D eigenvalue weighted by Crippen LogP contribution is -2.45. The van der Waals surface area contributed by atoms with Crippen molar-refractivity contribution in [1.29, 1.82) is 0 Å². The first-order valence-electron chi connectivity index (χ1n) is 12.8. The standard InChI is InChI=1S/C29H30ClFN4O3/c1-18-3-5-23(31)26(27(18)30)28(36)33-24-11-16-38-25-6-4-19(17-22(24)25)29(37)34(2)20-9-14-35(15-10-20)21-7-12-32-13-8-21/h3-8,12-13,17,20,24H,9-11,14-16H2,1-2H3,(H,33,36). The molecule has 2 aliphatic rings. The molecule has 1 N–H and O–H groups in total. The van der Waals surface area contributed by atoms with Crippen molar-refractivity contribution in [2.75, 3.05) is 31.6 Å². The number of piperidine rings is 1. The molecule has 2 amide bonds. The van der Waals surface area contributed by atoms with E-state index >= 15 is 0 Å². The van der Waals surface area contributed by atoms with Crippen LogP contribution in [0, 0.1) is 12.7 Å². The number of aromatic nitrogens is 1. The summed E-state index contributed by atoms with van der Waals surface area (Å²) < 4.78 is 20.2. The van der Waals surface area contributed by atoms with Crippen LogP contribution >= 0.6 is 11.6 Å². The van der Waals surface area contributed by atoms with Crippen LogP contribution in [-0.2, 0) is 0 Å². The van der Waals surface area contributed by atoms with Crippen LogP contribution < -0.4 is 15.0 Å². The highest BCUT2D eigenvalue weighted by Gasteiger charge is 2.30. The molecule has 9 heteroatoms. The van der Waals surface area contributed by atoms with Gasteiger partial charge in [0.2, 0.25) is 0 Å². The number of pyridine rings is 1. The number of rotatable bonds is 5. The molecule has 3 aromatic rings. The van der Waals surface area contributed by atoms with Crippen LogP contribution in [0.15, 0.2) is 54.9 Å². The van der Waals surface area contributed by atoms with Crippen LogP contribution in [-0.4, -0.2) is 54.5 Å². The minimum absolute atomic E-state index is 0.0846. The molecule has 1 saturated heterocycles. The summed E-state index contributed by atoms with van der Waals surface area (Å²) in [5.41, 5.74) is 2.80. The molecule has 7 nitrogen and oxygen atoms in total. The van der Waals surface area contributed by atoms with Gasteiger partial charge < -0.3 is 19.9 Å². The summed E-state index contributed by atoms with van der Waals surface area (Å²) in [4.78, 5) is 34.7. The van der Waals surface area contributed by atoms with Crippen molar-refractivity contribution in [3.05, 3.63) is 88.0 Å². The molecule has 1 aromatic heterocycles. The van der Waals surface area contributed by atoms with Crippen molar-refractivity contribution < 1.29 is 18.7 Å². The number of benzene rings is 2. The molecular weight excluding hydrogens is 507 g/mol. The Morgan fingerprint density at radius 1 is 1.11 bits per heavy atom. The van der Waals surface area contributed by atoms with Gasteiger partial charge in [0.05, 0.1) is 23.2 Å². The summed E-state index contributed by atoms with van der Waals surface area (Å²) >= 11 is 6.25. The average Bonchev–Trinajstić information content (AvgIpc) is 2.95. The van der Waals surface area contributed by atoms with Gasteiger partial charge in [-0.15, -0.1) is 0 Å². The summed E-state index contributed by atoms with van der Waals surface area (Å²) in [5.74, 6) is -0.754. The lowest BCUT2D eigenvalue weighted by Gasteiger charge is -2.38. The van der Waals surface area contributed by atoms with E-state index in [0.29, 0.717) is 35.5 Å². The predicted octanol–water partition coefficient (Wildman–Crippen LogP) is 5.18. The third kappa shape index (κ3) is 5.18. The fourth-order valence-corrected chi connectivity index (χ4v) is 5.45. The number of nitrogens with one attached hydrogen (secondary N) is 1. The summed E-state index contributed by atoms with van der Waals surface area (Å²) in [7, 11) is 1.84. The molecule has 5 rings (SSSR count). The molecule has 1 unspecified atom stereocenters. The number of aryl methyl sites for hydroxylation is 1. The molecule has 0 saturated carbocycles. The highest BCUT2D eigenvalue weighted by molar-refractivity contribution is 6.34. The van der Waals surface area contributed by atoms with Crippen LogP contribution in [0.1, 0.15) is 57.1 Å². The average molecular weight is 537 g/mol. The maximum atomic E-state index is 14.5. The second-order valence-electron chi connectivity index (χ2n) is 9.81. The zero-order valence-corrected chi connectivity index (χ0v) is 22.2. The molecule has 3 heterocycles. The molecule has 198 valence electrons. The van der Waals surface area contributed by atoms with Crippen LogP contribution in [0.25, 0.3) is 0 Å². The third-order valence-corrected chi connectivity index (χ3v) is 7.96. The Balaban J connectivity index is 1.30. The Labute approximate surface area is 226 Å². The monoisotopic (exact) mass is 536 g/mol. The number of anilines is 1. The number of carbonyl (C=O) groups excluding carboxylic acids is 2. The fourth-order valence-electron chi connectivity index (χ4n) is 5.21. The van der Waals surface area contributed by atoms with Gasteiger partial charge in [-0.1, -0.05) is 17.7 Å². The lowest BCUT2D eigenvalue weighted by atomic mass is 9.96. The number of halogens is 2. The van der Waals surface area contributed by atoms with Crippen LogP contribution in [0.2, 0.25) is 5.02 Å². The van der Waals surface area contributed by atoms with Crippen molar-refractivity contribution in [1.82, 2.24) is 15.2 Å².